The maximum atomic E-state index is 2.27. The average Bonchev–Trinajstić information content (AvgIpc) is 2.76. The Morgan fingerprint density at radius 3 is 0.667 bits per heavy atom. The summed E-state index contributed by atoms with van der Waals surface area (Å²) in [5.74, 6) is 0. The molecule has 0 N–H and O–H groups in total. The van der Waals surface area contributed by atoms with E-state index in [1.807, 2.05) is 72.9 Å². The highest BCUT2D eigenvalue weighted by Crippen LogP contribution is 2.09. The second-order valence-electron chi connectivity index (χ2n) is 7.02. The Hall–Kier alpha value is -2.86. The molecule has 0 aromatic carbocycles. The lowest BCUT2D eigenvalue weighted by Crippen LogP contribution is -1.79. The molecular weight excluding hydrogens is 360 g/mol. The highest BCUT2D eigenvalue weighted by Gasteiger charge is 1.89. The molecule has 1 aliphatic carbocycles. The molecule has 0 unspecified atom stereocenters. The first-order chi connectivity index (χ1) is 15.0. The number of rotatable bonds is 0. The Balaban J connectivity index is 2.47. The molecular formula is C30H38. The van der Waals surface area contributed by atoms with Crippen molar-refractivity contribution >= 4 is 0 Å². The minimum atomic E-state index is 1.18. The molecule has 0 amide bonds. The van der Waals surface area contributed by atoms with Gasteiger partial charge in [-0.3, -0.25) is 0 Å². The van der Waals surface area contributed by atoms with Crippen LogP contribution in [0, 0.1) is 0 Å². The van der Waals surface area contributed by atoms with Crippen molar-refractivity contribution < 1.29 is 0 Å². The monoisotopic (exact) mass is 398 g/mol. The summed E-state index contributed by atoms with van der Waals surface area (Å²) < 4.78 is 0. The van der Waals surface area contributed by atoms with Crippen molar-refractivity contribution in [3.05, 3.63) is 134 Å². The highest BCUT2D eigenvalue weighted by molar-refractivity contribution is 5.22. The Morgan fingerprint density at radius 2 is 0.400 bits per heavy atom. The number of hydrogen-bond acceptors (Lipinski definition) is 0. The van der Waals surface area contributed by atoms with Crippen molar-refractivity contribution in [2.24, 2.45) is 0 Å². The summed E-state index contributed by atoms with van der Waals surface area (Å²) >= 11 is 0. The van der Waals surface area contributed by atoms with Crippen molar-refractivity contribution in [1.82, 2.24) is 0 Å². The molecule has 0 atom stereocenters. The van der Waals surface area contributed by atoms with Gasteiger partial charge < -0.3 is 0 Å². The van der Waals surface area contributed by atoms with Gasteiger partial charge in [-0.1, -0.05) is 159 Å². The topological polar surface area (TPSA) is 0 Å². The predicted molar refractivity (Wildman–Crippen MR) is 137 cm³/mol. The first-order valence-corrected chi connectivity index (χ1v) is 11.3. The van der Waals surface area contributed by atoms with E-state index < -0.39 is 0 Å². The number of hydrogen-bond donors (Lipinski definition) is 0. The van der Waals surface area contributed by atoms with Gasteiger partial charge in [0.1, 0.15) is 0 Å². The van der Waals surface area contributed by atoms with Gasteiger partial charge in [0.15, 0.2) is 0 Å². The van der Waals surface area contributed by atoms with Crippen molar-refractivity contribution in [2.75, 3.05) is 0 Å². The van der Waals surface area contributed by atoms with E-state index in [1.54, 1.807) is 0 Å². The molecule has 0 bridgehead atoms. The zero-order valence-electron chi connectivity index (χ0n) is 18.4. The molecule has 0 radical (unpaired) electrons. The summed E-state index contributed by atoms with van der Waals surface area (Å²) in [6.07, 6.45) is 56.0. The van der Waals surface area contributed by atoms with Crippen LogP contribution in [0.2, 0.25) is 0 Å². The molecule has 0 heterocycles. The van der Waals surface area contributed by atoms with E-state index in [4.69, 9.17) is 0 Å². The minimum Gasteiger partial charge on any atom is -0.0845 e. The molecule has 0 aromatic heterocycles. The van der Waals surface area contributed by atoms with Crippen LogP contribution in [0.15, 0.2) is 134 Å². The van der Waals surface area contributed by atoms with Crippen LogP contribution >= 0.6 is 0 Å². The molecule has 0 aromatic rings. The first kappa shape index (κ1) is 25.2. The van der Waals surface area contributed by atoms with E-state index in [9.17, 15) is 0 Å². The molecule has 0 saturated heterocycles. The van der Waals surface area contributed by atoms with Crippen LogP contribution in [0.5, 0.6) is 0 Å². The van der Waals surface area contributed by atoms with Gasteiger partial charge >= 0.3 is 0 Å². The van der Waals surface area contributed by atoms with Gasteiger partial charge in [-0.15, -0.1) is 0 Å². The minimum absolute atomic E-state index is 1.18. The fourth-order valence-electron chi connectivity index (χ4n) is 2.74. The van der Waals surface area contributed by atoms with E-state index in [2.05, 4.69) is 60.8 Å². The fourth-order valence-corrected chi connectivity index (χ4v) is 2.74. The summed E-state index contributed by atoms with van der Waals surface area (Å²) in [4.78, 5) is 0. The van der Waals surface area contributed by atoms with E-state index in [1.165, 1.54) is 51.4 Å². The van der Waals surface area contributed by atoms with Crippen LogP contribution in [-0.2, 0) is 0 Å². The maximum Gasteiger partial charge on any atom is -0.0348 e. The molecule has 158 valence electrons. The average molecular weight is 399 g/mol. The summed E-state index contributed by atoms with van der Waals surface area (Å²) in [7, 11) is 0. The van der Waals surface area contributed by atoms with Crippen molar-refractivity contribution in [3.8, 4) is 0 Å². The Labute approximate surface area is 185 Å². The lowest BCUT2D eigenvalue weighted by molar-refractivity contribution is 0.600. The fraction of sp³-hybridized carbons (Fsp3) is 0.267. The lowest BCUT2D eigenvalue weighted by Gasteiger charge is -1.99. The summed E-state index contributed by atoms with van der Waals surface area (Å²) in [5, 5.41) is 0. The first-order valence-electron chi connectivity index (χ1n) is 11.3. The Morgan fingerprint density at radius 1 is 0.200 bits per heavy atom. The van der Waals surface area contributed by atoms with Crippen LogP contribution in [0.25, 0.3) is 0 Å². The van der Waals surface area contributed by atoms with Crippen LogP contribution in [0.4, 0.5) is 0 Å². The standard InChI is InChI=1S/C30H38/c1-2-4-6-8-10-12-14-16-18-20-22-24-26-28-30-29-27-25-23-21-19-17-15-13-11-9-7-5-3-1/h1-22H,23-30H2. The van der Waals surface area contributed by atoms with Crippen LogP contribution in [-0.4, -0.2) is 0 Å². The van der Waals surface area contributed by atoms with Gasteiger partial charge in [0, 0.05) is 0 Å². The molecule has 0 spiro atoms. The third-order valence-electron chi connectivity index (χ3n) is 4.37. The van der Waals surface area contributed by atoms with Crippen LogP contribution < -0.4 is 0 Å². The summed E-state index contributed by atoms with van der Waals surface area (Å²) in [5.41, 5.74) is 0. The largest absolute Gasteiger partial charge is 0.0845 e. The van der Waals surface area contributed by atoms with Gasteiger partial charge in [0.2, 0.25) is 0 Å². The molecule has 30 heavy (non-hydrogen) atoms. The zero-order valence-corrected chi connectivity index (χ0v) is 18.4. The van der Waals surface area contributed by atoms with Gasteiger partial charge in [0.25, 0.3) is 0 Å². The molecule has 1 rings (SSSR count). The quantitative estimate of drug-likeness (QED) is 0.381. The molecule has 0 aliphatic heterocycles. The van der Waals surface area contributed by atoms with Crippen molar-refractivity contribution in [3.63, 3.8) is 0 Å². The molecule has 0 nitrogen and oxygen atoms in total. The molecule has 0 fully saturated rings. The van der Waals surface area contributed by atoms with Crippen molar-refractivity contribution in [2.45, 2.75) is 51.4 Å². The van der Waals surface area contributed by atoms with Gasteiger partial charge in [-0.05, 0) is 25.7 Å². The second kappa shape index (κ2) is 22.4. The Kier molecular flexibility index (Phi) is 18.8. The van der Waals surface area contributed by atoms with E-state index in [0.717, 1.165) is 0 Å². The molecule has 1 aliphatic rings. The van der Waals surface area contributed by atoms with Gasteiger partial charge in [-0.2, -0.15) is 0 Å². The SMILES string of the molecule is C1=CC=CC=CC=CC=CC=CCCCCCCCCC=CC=CC=CC=CC=C1. The smallest absolute Gasteiger partial charge is 0.0348 e. The van der Waals surface area contributed by atoms with E-state index in [0.29, 0.717) is 0 Å². The van der Waals surface area contributed by atoms with Crippen molar-refractivity contribution in [1.29, 1.82) is 0 Å². The normalized spacial score (nSPS) is 18.1. The zero-order chi connectivity index (χ0) is 21.2. The van der Waals surface area contributed by atoms with Gasteiger partial charge in [0.05, 0.1) is 0 Å². The van der Waals surface area contributed by atoms with Gasteiger partial charge in [-0.25, -0.2) is 0 Å². The second-order valence-corrected chi connectivity index (χ2v) is 7.02. The third kappa shape index (κ3) is 19.9. The Bertz CT molecular complexity index is 647. The highest BCUT2D eigenvalue weighted by atomic mass is 14.0. The molecule has 0 saturated carbocycles. The summed E-state index contributed by atoms with van der Waals surface area (Å²) in [6, 6.07) is 0. The predicted octanol–water partition coefficient (Wildman–Crippen LogP) is 9.24. The summed E-state index contributed by atoms with van der Waals surface area (Å²) in [6.45, 7) is 0. The molecule has 0 heteroatoms. The van der Waals surface area contributed by atoms with Crippen LogP contribution in [0.1, 0.15) is 51.4 Å². The van der Waals surface area contributed by atoms with E-state index >= 15 is 0 Å². The third-order valence-corrected chi connectivity index (χ3v) is 4.37. The van der Waals surface area contributed by atoms with Crippen LogP contribution in [0.3, 0.4) is 0 Å². The van der Waals surface area contributed by atoms with E-state index in [-0.39, 0.29) is 0 Å². The maximum absolute atomic E-state index is 2.27. The number of allylic oxidation sites excluding steroid dienone is 22. The lowest BCUT2D eigenvalue weighted by atomic mass is 10.1.